The second kappa shape index (κ2) is 8.99. The van der Waals surface area contributed by atoms with Crippen LogP contribution in [0.3, 0.4) is 0 Å². The predicted octanol–water partition coefficient (Wildman–Crippen LogP) is 1.10. The summed E-state index contributed by atoms with van der Waals surface area (Å²) >= 11 is 0. The van der Waals surface area contributed by atoms with Crippen molar-refractivity contribution in [3.8, 4) is 11.8 Å². The van der Waals surface area contributed by atoms with Crippen molar-refractivity contribution in [3.05, 3.63) is 30.3 Å². The molecule has 12 heteroatoms. The van der Waals surface area contributed by atoms with Gasteiger partial charge in [-0.3, -0.25) is 9.59 Å². The van der Waals surface area contributed by atoms with E-state index < -0.39 is 21.9 Å². The van der Waals surface area contributed by atoms with E-state index in [1.807, 2.05) is 0 Å². The summed E-state index contributed by atoms with van der Waals surface area (Å²) in [5.74, 6) is -1.58. The zero-order chi connectivity index (χ0) is 20.7. The van der Waals surface area contributed by atoms with E-state index >= 15 is 0 Å². The second-order valence-corrected chi connectivity index (χ2v) is 7.03. The van der Waals surface area contributed by atoms with Crippen LogP contribution in [-0.2, 0) is 19.6 Å². The minimum absolute atomic E-state index is 0.0959. The van der Waals surface area contributed by atoms with Crippen LogP contribution in [0.5, 0.6) is 11.8 Å². The summed E-state index contributed by atoms with van der Waals surface area (Å²) < 4.78 is 37.1. The highest BCUT2D eigenvalue weighted by Crippen LogP contribution is 2.21. The lowest BCUT2D eigenvalue weighted by Crippen LogP contribution is -2.16. The molecule has 0 aliphatic heterocycles. The molecule has 0 radical (unpaired) electrons. The summed E-state index contributed by atoms with van der Waals surface area (Å²) in [6, 6.07) is 6.68. The largest absolute Gasteiger partial charge is 0.481 e. The van der Waals surface area contributed by atoms with Crippen molar-refractivity contribution < 1.29 is 32.6 Å². The average Bonchev–Trinajstić information content (AvgIpc) is 2.66. The number of amides is 1. The maximum Gasteiger partial charge on any atom is 0.303 e. The van der Waals surface area contributed by atoms with Gasteiger partial charge in [0, 0.05) is 12.1 Å². The lowest BCUT2D eigenvalue weighted by molar-refractivity contribution is -0.138. The van der Waals surface area contributed by atoms with Crippen LogP contribution in [0.1, 0.15) is 12.8 Å². The third-order valence-electron chi connectivity index (χ3n) is 3.34. The van der Waals surface area contributed by atoms with Crippen LogP contribution in [0.15, 0.2) is 35.2 Å². The van der Waals surface area contributed by atoms with Crippen LogP contribution >= 0.6 is 0 Å². The van der Waals surface area contributed by atoms with Crippen LogP contribution in [0.2, 0.25) is 0 Å². The number of aromatic nitrogens is 2. The van der Waals surface area contributed by atoms with Crippen LogP contribution in [0.4, 0.5) is 11.6 Å². The third-order valence-corrected chi connectivity index (χ3v) is 4.68. The maximum absolute atomic E-state index is 12.5. The summed E-state index contributed by atoms with van der Waals surface area (Å²) in [4.78, 5) is 29.8. The number of nitrogens with one attached hydrogen (secondary N) is 2. The van der Waals surface area contributed by atoms with E-state index in [1.165, 1.54) is 44.6 Å². The molecule has 0 aliphatic rings. The van der Waals surface area contributed by atoms with Crippen LogP contribution in [0.25, 0.3) is 0 Å². The molecule has 3 N–H and O–H groups in total. The van der Waals surface area contributed by atoms with Crippen molar-refractivity contribution >= 4 is 33.5 Å². The lowest BCUT2D eigenvalue weighted by atomic mass is 10.2. The summed E-state index contributed by atoms with van der Waals surface area (Å²) in [6.45, 7) is 0. The number of methoxy groups -OCH3 is 2. The van der Waals surface area contributed by atoms with Crippen molar-refractivity contribution in [2.24, 2.45) is 0 Å². The summed E-state index contributed by atoms with van der Waals surface area (Å²) in [5, 5.41) is 11.0. The number of ether oxygens (including phenoxy) is 2. The van der Waals surface area contributed by atoms with Gasteiger partial charge in [0.1, 0.15) is 0 Å². The molecule has 28 heavy (non-hydrogen) atoms. The molecule has 150 valence electrons. The molecule has 11 nitrogen and oxygen atoms in total. The molecule has 0 bridgehead atoms. The number of carbonyl (C=O) groups is 2. The number of nitrogens with zero attached hydrogens (tertiary/aromatic N) is 2. The highest BCUT2D eigenvalue weighted by atomic mass is 32.2. The van der Waals surface area contributed by atoms with Gasteiger partial charge in [0.2, 0.25) is 23.6 Å². The normalized spacial score (nSPS) is 10.8. The molecule has 0 fully saturated rings. The van der Waals surface area contributed by atoms with Gasteiger partial charge in [-0.1, -0.05) is 0 Å². The van der Waals surface area contributed by atoms with Crippen molar-refractivity contribution in [1.82, 2.24) is 9.97 Å². The standard InChI is InChI=1S/C16H18N4O7S/c1-26-13-9-14(27-2)19-16(18-13)20-28(24,25)11-5-3-10(4-6-11)17-12(21)7-8-15(22)23/h3-6,9H,7-8H2,1-2H3,(H,17,21)(H,22,23)(H,18,19,20). The minimum atomic E-state index is -4.01. The maximum atomic E-state index is 12.5. The van der Waals surface area contributed by atoms with Crippen LogP contribution < -0.4 is 19.5 Å². The summed E-state index contributed by atoms with van der Waals surface area (Å²) in [5.41, 5.74) is 0.327. The number of sulfonamides is 1. The Bertz CT molecular complexity index is 939. The first-order chi connectivity index (χ1) is 13.2. The van der Waals surface area contributed by atoms with Crippen molar-refractivity contribution in [2.45, 2.75) is 17.7 Å². The Hall–Kier alpha value is -3.41. The Morgan fingerprint density at radius 3 is 2.11 bits per heavy atom. The lowest BCUT2D eigenvalue weighted by Gasteiger charge is -2.10. The van der Waals surface area contributed by atoms with Crippen molar-refractivity contribution in [1.29, 1.82) is 0 Å². The fourth-order valence-corrected chi connectivity index (χ4v) is 2.94. The summed E-state index contributed by atoms with van der Waals surface area (Å²) in [6.07, 6.45) is -0.488. The molecule has 1 aromatic heterocycles. The number of anilines is 2. The van der Waals surface area contributed by atoms with Crippen LogP contribution in [0, 0.1) is 0 Å². The van der Waals surface area contributed by atoms with Gasteiger partial charge in [-0.25, -0.2) is 13.1 Å². The van der Waals surface area contributed by atoms with E-state index in [4.69, 9.17) is 14.6 Å². The van der Waals surface area contributed by atoms with E-state index in [0.29, 0.717) is 5.69 Å². The van der Waals surface area contributed by atoms with Gasteiger partial charge >= 0.3 is 5.97 Å². The number of carbonyl (C=O) groups excluding carboxylic acids is 1. The first-order valence-electron chi connectivity index (χ1n) is 7.85. The molecule has 0 saturated carbocycles. The molecule has 0 spiro atoms. The van der Waals surface area contributed by atoms with E-state index in [0.717, 1.165) is 0 Å². The fraction of sp³-hybridized carbons (Fsp3) is 0.250. The highest BCUT2D eigenvalue weighted by Gasteiger charge is 2.17. The highest BCUT2D eigenvalue weighted by molar-refractivity contribution is 7.92. The second-order valence-electron chi connectivity index (χ2n) is 5.35. The third kappa shape index (κ3) is 5.81. The molecule has 0 saturated heterocycles. The molecule has 1 heterocycles. The number of hydrogen-bond donors (Lipinski definition) is 3. The Morgan fingerprint density at radius 2 is 1.61 bits per heavy atom. The smallest absolute Gasteiger partial charge is 0.303 e. The minimum Gasteiger partial charge on any atom is -0.481 e. The molecule has 2 rings (SSSR count). The number of aliphatic carboxylic acids is 1. The Balaban J connectivity index is 2.12. The number of carboxylic acids is 1. The van der Waals surface area contributed by atoms with Crippen molar-refractivity contribution in [2.75, 3.05) is 24.3 Å². The topological polar surface area (TPSA) is 157 Å². The van der Waals surface area contributed by atoms with Gasteiger partial charge < -0.3 is 19.9 Å². The van der Waals surface area contributed by atoms with Gasteiger partial charge in [0.05, 0.1) is 31.6 Å². The Morgan fingerprint density at radius 1 is 1.04 bits per heavy atom. The molecule has 0 unspecified atom stereocenters. The van der Waals surface area contributed by atoms with Gasteiger partial charge in [0.25, 0.3) is 10.0 Å². The number of benzene rings is 1. The molecular formula is C16H18N4O7S. The average molecular weight is 410 g/mol. The van der Waals surface area contributed by atoms with Gasteiger partial charge in [-0.05, 0) is 24.3 Å². The van der Waals surface area contributed by atoms with E-state index in [9.17, 15) is 18.0 Å². The summed E-state index contributed by atoms with van der Waals surface area (Å²) in [7, 11) is -1.28. The number of rotatable bonds is 9. The predicted molar refractivity (Wildman–Crippen MR) is 97.9 cm³/mol. The van der Waals surface area contributed by atoms with E-state index in [1.54, 1.807) is 0 Å². The van der Waals surface area contributed by atoms with Crippen LogP contribution in [-0.4, -0.2) is 49.6 Å². The quantitative estimate of drug-likeness (QED) is 0.550. The monoisotopic (exact) mass is 410 g/mol. The van der Waals surface area contributed by atoms with E-state index in [-0.39, 0.29) is 35.4 Å². The van der Waals surface area contributed by atoms with E-state index in [2.05, 4.69) is 20.0 Å². The van der Waals surface area contributed by atoms with Gasteiger partial charge in [0.15, 0.2) is 0 Å². The molecule has 0 atom stereocenters. The molecular weight excluding hydrogens is 392 g/mol. The van der Waals surface area contributed by atoms with Gasteiger partial charge in [-0.15, -0.1) is 0 Å². The molecule has 0 aliphatic carbocycles. The molecule has 1 aromatic carbocycles. The first kappa shape index (κ1) is 20.9. The Labute approximate surface area is 160 Å². The number of carboxylic acid groups (broad SMARTS) is 1. The zero-order valence-electron chi connectivity index (χ0n) is 15.0. The first-order valence-corrected chi connectivity index (χ1v) is 9.33. The molecule has 1 amide bonds. The van der Waals surface area contributed by atoms with Gasteiger partial charge in [-0.2, -0.15) is 9.97 Å². The van der Waals surface area contributed by atoms with Crippen molar-refractivity contribution in [3.63, 3.8) is 0 Å². The fourth-order valence-electron chi connectivity index (χ4n) is 2.00. The number of hydrogen-bond acceptors (Lipinski definition) is 8. The molecule has 2 aromatic rings. The zero-order valence-corrected chi connectivity index (χ0v) is 15.8. The SMILES string of the molecule is COc1cc(OC)nc(NS(=O)(=O)c2ccc(NC(=O)CCC(=O)O)cc2)n1. The Kier molecular flexibility index (Phi) is 6.71.